The Balaban J connectivity index is 2.38. The third kappa shape index (κ3) is 2.45. The molecule has 0 amide bonds. The van der Waals surface area contributed by atoms with Crippen LogP contribution in [-0.2, 0) is 11.2 Å². The Morgan fingerprint density at radius 1 is 1.19 bits per heavy atom. The highest BCUT2D eigenvalue weighted by Gasteiger charge is 2.00. The van der Waals surface area contributed by atoms with Crippen molar-refractivity contribution in [3.05, 3.63) is 58.8 Å². The van der Waals surface area contributed by atoms with Gasteiger partial charge in [0.05, 0.1) is 13.4 Å². The van der Waals surface area contributed by atoms with E-state index in [1.54, 1.807) is 13.4 Å². The summed E-state index contributed by atoms with van der Waals surface area (Å²) in [5.41, 5.74) is 1.27. The molecule has 0 atom stereocenters. The van der Waals surface area contributed by atoms with Crippen LogP contribution >= 0.6 is 15.9 Å². The van der Waals surface area contributed by atoms with Crippen molar-refractivity contribution in [3.8, 4) is 0 Å². The number of methoxy groups -OCH3 is 1. The molecule has 0 fully saturated rings. The number of hydrogen-bond donors (Lipinski definition) is 0. The largest absolute Gasteiger partial charge is 0.505 e. The summed E-state index contributed by atoms with van der Waals surface area (Å²) in [6.45, 7) is 0. The lowest BCUT2D eigenvalue weighted by molar-refractivity contribution is 0.337. The van der Waals surface area contributed by atoms with Crippen molar-refractivity contribution in [2.75, 3.05) is 7.11 Å². The van der Waals surface area contributed by atoms with E-state index in [1.165, 1.54) is 16.3 Å². The second-order valence-electron chi connectivity index (χ2n) is 3.60. The van der Waals surface area contributed by atoms with E-state index in [2.05, 4.69) is 52.3 Å². The fraction of sp³-hybridized carbons (Fsp3) is 0.143. The minimum atomic E-state index is 0.874. The SMILES string of the molecule is CO/C=C/Cc1cc2ccccc2cc1Br. The third-order valence-electron chi connectivity index (χ3n) is 2.48. The molecule has 0 bridgehead atoms. The van der Waals surface area contributed by atoms with Gasteiger partial charge in [0.15, 0.2) is 0 Å². The maximum atomic E-state index is 4.90. The summed E-state index contributed by atoms with van der Waals surface area (Å²) < 4.78 is 6.04. The molecule has 0 unspecified atom stereocenters. The van der Waals surface area contributed by atoms with Gasteiger partial charge in [-0.3, -0.25) is 0 Å². The Morgan fingerprint density at radius 3 is 2.56 bits per heavy atom. The molecule has 2 aromatic carbocycles. The number of fused-ring (bicyclic) bond motifs is 1. The zero-order valence-corrected chi connectivity index (χ0v) is 10.7. The number of allylic oxidation sites excluding steroid dienone is 1. The zero-order chi connectivity index (χ0) is 11.4. The second-order valence-corrected chi connectivity index (χ2v) is 4.46. The summed E-state index contributed by atoms with van der Waals surface area (Å²) >= 11 is 3.59. The highest BCUT2D eigenvalue weighted by molar-refractivity contribution is 9.10. The van der Waals surface area contributed by atoms with Crippen LogP contribution in [0.15, 0.2) is 53.2 Å². The summed E-state index contributed by atoms with van der Waals surface area (Å²) in [7, 11) is 1.66. The maximum Gasteiger partial charge on any atom is 0.0788 e. The van der Waals surface area contributed by atoms with Crippen LogP contribution in [0.3, 0.4) is 0 Å². The van der Waals surface area contributed by atoms with E-state index in [-0.39, 0.29) is 0 Å². The predicted molar refractivity (Wildman–Crippen MR) is 71.5 cm³/mol. The molecular formula is C14H13BrO. The average molecular weight is 277 g/mol. The number of ether oxygens (including phenoxy) is 1. The minimum Gasteiger partial charge on any atom is -0.505 e. The van der Waals surface area contributed by atoms with Crippen molar-refractivity contribution in [2.45, 2.75) is 6.42 Å². The number of benzene rings is 2. The molecule has 0 aliphatic heterocycles. The van der Waals surface area contributed by atoms with Crippen molar-refractivity contribution < 1.29 is 4.74 Å². The summed E-state index contributed by atoms with van der Waals surface area (Å²) in [5, 5.41) is 2.53. The van der Waals surface area contributed by atoms with Crippen LogP contribution in [0.25, 0.3) is 10.8 Å². The predicted octanol–water partition coefficient (Wildman–Crippen LogP) is 4.30. The Kier molecular flexibility index (Phi) is 3.62. The van der Waals surface area contributed by atoms with E-state index in [0.717, 1.165) is 10.9 Å². The van der Waals surface area contributed by atoms with Crippen molar-refractivity contribution in [2.24, 2.45) is 0 Å². The molecule has 0 saturated carbocycles. The van der Waals surface area contributed by atoms with Crippen LogP contribution < -0.4 is 0 Å². The maximum absolute atomic E-state index is 4.90. The first-order valence-electron chi connectivity index (χ1n) is 5.16. The summed E-state index contributed by atoms with van der Waals surface area (Å²) in [5.74, 6) is 0. The first-order valence-corrected chi connectivity index (χ1v) is 5.95. The van der Waals surface area contributed by atoms with Crippen molar-refractivity contribution in [1.82, 2.24) is 0 Å². The normalized spacial score (nSPS) is 11.1. The second kappa shape index (κ2) is 5.17. The molecular weight excluding hydrogens is 264 g/mol. The van der Waals surface area contributed by atoms with Gasteiger partial charge in [0, 0.05) is 4.47 Å². The highest BCUT2D eigenvalue weighted by Crippen LogP contribution is 2.24. The van der Waals surface area contributed by atoms with Gasteiger partial charge in [-0.25, -0.2) is 0 Å². The lowest BCUT2D eigenvalue weighted by Gasteiger charge is -2.04. The van der Waals surface area contributed by atoms with Gasteiger partial charge < -0.3 is 4.74 Å². The molecule has 1 nitrogen and oxygen atoms in total. The molecule has 0 aliphatic rings. The zero-order valence-electron chi connectivity index (χ0n) is 9.11. The molecule has 0 radical (unpaired) electrons. The van der Waals surface area contributed by atoms with E-state index in [1.807, 2.05) is 6.08 Å². The minimum absolute atomic E-state index is 0.874. The molecule has 0 aromatic heterocycles. The molecule has 0 N–H and O–H groups in total. The smallest absolute Gasteiger partial charge is 0.0788 e. The van der Waals surface area contributed by atoms with Gasteiger partial charge in [-0.2, -0.15) is 0 Å². The third-order valence-corrected chi connectivity index (χ3v) is 3.22. The molecule has 82 valence electrons. The van der Waals surface area contributed by atoms with Crippen molar-refractivity contribution in [1.29, 1.82) is 0 Å². The topological polar surface area (TPSA) is 9.23 Å². The highest BCUT2D eigenvalue weighted by atomic mass is 79.9. The number of hydrogen-bond acceptors (Lipinski definition) is 1. The molecule has 0 saturated heterocycles. The summed E-state index contributed by atoms with van der Waals surface area (Å²) in [6.07, 6.45) is 4.59. The molecule has 2 aromatic rings. The molecule has 0 aliphatic carbocycles. The average Bonchev–Trinajstić information content (AvgIpc) is 2.30. The van der Waals surface area contributed by atoms with E-state index in [9.17, 15) is 0 Å². The molecule has 0 heterocycles. The van der Waals surface area contributed by atoms with E-state index in [4.69, 9.17) is 4.74 Å². The fourth-order valence-electron chi connectivity index (χ4n) is 1.69. The Bertz CT molecular complexity index is 517. The van der Waals surface area contributed by atoms with Gasteiger partial charge in [0.1, 0.15) is 0 Å². The summed E-state index contributed by atoms with van der Waals surface area (Å²) in [6, 6.07) is 12.7. The fourth-order valence-corrected chi connectivity index (χ4v) is 2.21. The van der Waals surface area contributed by atoms with Crippen LogP contribution in [0.4, 0.5) is 0 Å². The molecule has 16 heavy (non-hydrogen) atoms. The quantitative estimate of drug-likeness (QED) is 0.760. The lowest BCUT2D eigenvalue weighted by atomic mass is 10.1. The van der Waals surface area contributed by atoms with Crippen LogP contribution in [0.5, 0.6) is 0 Å². The van der Waals surface area contributed by atoms with Gasteiger partial charge in [-0.1, -0.05) is 40.2 Å². The van der Waals surface area contributed by atoms with Crippen LogP contribution in [0.1, 0.15) is 5.56 Å². The molecule has 0 spiro atoms. The van der Waals surface area contributed by atoms with Crippen LogP contribution in [0, 0.1) is 0 Å². The first-order chi connectivity index (χ1) is 7.81. The number of rotatable bonds is 3. The standard InChI is InChI=1S/C14H13BrO/c1-16-8-4-7-13-9-11-5-2-3-6-12(11)10-14(13)15/h2-6,8-10H,7H2,1H3/b8-4+. The molecule has 2 rings (SSSR count). The lowest BCUT2D eigenvalue weighted by Crippen LogP contribution is -1.85. The Morgan fingerprint density at radius 2 is 1.88 bits per heavy atom. The van der Waals surface area contributed by atoms with Gasteiger partial charge in [0.25, 0.3) is 0 Å². The Labute approximate surface area is 104 Å². The monoisotopic (exact) mass is 276 g/mol. The van der Waals surface area contributed by atoms with Gasteiger partial charge in [0.2, 0.25) is 0 Å². The van der Waals surface area contributed by atoms with E-state index < -0.39 is 0 Å². The van der Waals surface area contributed by atoms with Crippen molar-refractivity contribution in [3.63, 3.8) is 0 Å². The summed E-state index contributed by atoms with van der Waals surface area (Å²) in [4.78, 5) is 0. The first kappa shape index (κ1) is 11.2. The molecule has 2 heteroatoms. The van der Waals surface area contributed by atoms with Gasteiger partial charge in [-0.15, -0.1) is 0 Å². The van der Waals surface area contributed by atoms with Crippen LogP contribution in [0.2, 0.25) is 0 Å². The van der Waals surface area contributed by atoms with Gasteiger partial charge >= 0.3 is 0 Å². The van der Waals surface area contributed by atoms with Gasteiger partial charge in [-0.05, 0) is 41.0 Å². The number of halogens is 1. The van der Waals surface area contributed by atoms with Crippen LogP contribution in [-0.4, -0.2) is 7.11 Å². The van der Waals surface area contributed by atoms with E-state index in [0.29, 0.717) is 0 Å². The van der Waals surface area contributed by atoms with Crippen molar-refractivity contribution >= 4 is 26.7 Å². The Hall–Kier alpha value is -1.28. The van der Waals surface area contributed by atoms with E-state index >= 15 is 0 Å².